The number of nitrogens with two attached hydrogens (primary N) is 2. The fraction of sp³-hybridized carbons (Fsp3) is 0.412. The molecule has 1 aromatic heterocycles. The monoisotopic (exact) mass is 313 g/mol. The number of rotatable bonds is 6. The molecular formula is C17H23N5O. The molecule has 0 aliphatic heterocycles. The summed E-state index contributed by atoms with van der Waals surface area (Å²) in [6.45, 7) is 0.750. The van der Waals surface area contributed by atoms with Gasteiger partial charge in [-0.25, -0.2) is 4.98 Å². The van der Waals surface area contributed by atoms with E-state index in [4.69, 9.17) is 16.2 Å². The van der Waals surface area contributed by atoms with Crippen LogP contribution in [-0.4, -0.2) is 29.7 Å². The van der Waals surface area contributed by atoms with Crippen LogP contribution in [0.15, 0.2) is 30.3 Å². The number of nitrogens with zero attached hydrogens (tertiary/aromatic N) is 2. The largest absolute Gasteiger partial charge is 0.496 e. The van der Waals surface area contributed by atoms with Crippen LogP contribution in [0.1, 0.15) is 30.0 Å². The van der Waals surface area contributed by atoms with Crippen molar-refractivity contribution < 1.29 is 4.74 Å². The van der Waals surface area contributed by atoms with E-state index in [-0.39, 0.29) is 6.04 Å². The molecule has 1 aliphatic rings. The van der Waals surface area contributed by atoms with Crippen LogP contribution in [0, 0.1) is 0 Å². The number of hydrogen-bond donors (Lipinski definition) is 3. The second kappa shape index (κ2) is 6.83. The molecule has 0 unspecified atom stereocenters. The zero-order chi connectivity index (χ0) is 16.2. The number of anilines is 2. The van der Waals surface area contributed by atoms with Crippen LogP contribution in [0.2, 0.25) is 0 Å². The molecule has 0 radical (unpaired) electrons. The lowest BCUT2D eigenvalue weighted by Gasteiger charge is -2.32. The number of ether oxygens (including phenoxy) is 1. The van der Waals surface area contributed by atoms with Crippen LogP contribution in [0.5, 0.6) is 5.75 Å². The Balaban J connectivity index is 1.62. The Kier molecular flexibility index (Phi) is 4.62. The van der Waals surface area contributed by atoms with Crippen molar-refractivity contribution in [1.82, 2.24) is 9.97 Å². The minimum absolute atomic E-state index is 0.290. The number of methoxy groups -OCH3 is 1. The van der Waals surface area contributed by atoms with Crippen LogP contribution in [0.4, 0.5) is 11.8 Å². The van der Waals surface area contributed by atoms with E-state index in [0.29, 0.717) is 11.9 Å². The molecule has 3 rings (SSSR count). The normalized spacial score (nSPS) is 19.9. The summed E-state index contributed by atoms with van der Waals surface area (Å²) in [7, 11) is 1.69. The highest BCUT2D eigenvalue weighted by Gasteiger charge is 2.29. The number of nitrogens with one attached hydrogen (secondary N) is 1. The van der Waals surface area contributed by atoms with Crippen molar-refractivity contribution in [2.45, 2.75) is 31.2 Å². The van der Waals surface area contributed by atoms with Crippen LogP contribution >= 0.6 is 0 Å². The highest BCUT2D eigenvalue weighted by Crippen LogP contribution is 2.35. The third-order valence-corrected chi connectivity index (χ3v) is 4.25. The van der Waals surface area contributed by atoms with E-state index in [1.165, 1.54) is 0 Å². The van der Waals surface area contributed by atoms with Gasteiger partial charge >= 0.3 is 0 Å². The summed E-state index contributed by atoms with van der Waals surface area (Å²) in [6, 6.07) is 10.3. The first kappa shape index (κ1) is 15.6. The van der Waals surface area contributed by atoms with E-state index in [2.05, 4.69) is 21.4 Å². The van der Waals surface area contributed by atoms with Gasteiger partial charge in [0.15, 0.2) is 0 Å². The van der Waals surface area contributed by atoms with Gasteiger partial charge in [-0.2, -0.15) is 4.98 Å². The van der Waals surface area contributed by atoms with Gasteiger partial charge in [0.25, 0.3) is 0 Å². The van der Waals surface area contributed by atoms with E-state index < -0.39 is 0 Å². The van der Waals surface area contributed by atoms with Gasteiger partial charge in [0.1, 0.15) is 11.6 Å². The minimum Gasteiger partial charge on any atom is -0.496 e. The summed E-state index contributed by atoms with van der Waals surface area (Å²) in [5.41, 5.74) is 13.8. The van der Waals surface area contributed by atoms with Gasteiger partial charge in [0, 0.05) is 24.6 Å². The lowest BCUT2D eigenvalue weighted by Crippen LogP contribution is -2.35. The molecule has 23 heavy (non-hydrogen) atoms. The maximum absolute atomic E-state index is 5.85. The number of benzene rings is 1. The van der Waals surface area contributed by atoms with Crippen LogP contribution in [-0.2, 0) is 6.42 Å². The van der Waals surface area contributed by atoms with Crippen LogP contribution in [0.25, 0.3) is 0 Å². The molecule has 1 aromatic carbocycles. The summed E-state index contributed by atoms with van der Waals surface area (Å²) < 4.78 is 5.36. The molecule has 0 saturated heterocycles. The average Bonchev–Trinajstić information content (AvgIpc) is 2.52. The maximum Gasteiger partial charge on any atom is 0.222 e. The lowest BCUT2D eigenvalue weighted by atomic mass is 9.78. The quantitative estimate of drug-likeness (QED) is 0.753. The molecule has 5 N–H and O–H groups in total. The second-order valence-electron chi connectivity index (χ2n) is 5.95. The van der Waals surface area contributed by atoms with E-state index in [1.807, 2.05) is 24.3 Å². The Morgan fingerprint density at radius 3 is 2.78 bits per heavy atom. The average molecular weight is 313 g/mol. The lowest BCUT2D eigenvalue weighted by molar-refractivity contribution is 0.345. The van der Waals surface area contributed by atoms with Crippen LogP contribution in [0.3, 0.4) is 0 Å². The van der Waals surface area contributed by atoms with E-state index in [9.17, 15) is 0 Å². The standard InChI is InChI=1S/C17H23N5O/c1-23-15-5-3-2-4-11(15)6-7-20-16-10-14(21-17(19)22-16)12-8-13(18)9-12/h2-5,10,12-13H,6-9,18H2,1H3,(H3,19,20,21,22). The first-order chi connectivity index (χ1) is 11.2. The molecule has 0 spiro atoms. The molecular weight excluding hydrogens is 290 g/mol. The highest BCUT2D eigenvalue weighted by molar-refractivity contribution is 5.42. The predicted molar refractivity (Wildman–Crippen MR) is 91.6 cm³/mol. The molecule has 122 valence electrons. The maximum atomic E-state index is 5.85. The van der Waals surface area contributed by atoms with Crippen molar-refractivity contribution in [2.75, 3.05) is 24.7 Å². The highest BCUT2D eigenvalue weighted by atomic mass is 16.5. The fourth-order valence-electron chi connectivity index (χ4n) is 2.92. The Labute approximate surface area is 136 Å². The molecule has 0 atom stereocenters. The molecule has 1 aliphatic carbocycles. The summed E-state index contributed by atoms with van der Waals surface area (Å²) >= 11 is 0. The van der Waals surface area contributed by atoms with Crippen LogP contribution < -0.4 is 21.5 Å². The van der Waals surface area contributed by atoms with E-state index in [0.717, 1.165) is 48.6 Å². The van der Waals surface area contributed by atoms with Crippen molar-refractivity contribution in [3.8, 4) is 5.75 Å². The van der Waals surface area contributed by atoms with Gasteiger partial charge in [0.05, 0.1) is 12.8 Å². The van der Waals surface area contributed by atoms with Gasteiger partial charge in [-0.1, -0.05) is 18.2 Å². The topological polar surface area (TPSA) is 99.1 Å². The summed E-state index contributed by atoms with van der Waals surface area (Å²) in [4.78, 5) is 8.60. The van der Waals surface area contributed by atoms with Gasteiger partial charge in [-0.15, -0.1) is 0 Å². The predicted octanol–water partition coefficient (Wildman–Crippen LogP) is 1.93. The van der Waals surface area contributed by atoms with Gasteiger partial charge in [0.2, 0.25) is 5.95 Å². The summed E-state index contributed by atoms with van der Waals surface area (Å²) in [5.74, 6) is 2.39. The number of aromatic nitrogens is 2. The molecule has 1 fully saturated rings. The molecule has 1 saturated carbocycles. The smallest absolute Gasteiger partial charge is 0.222 e. The van der Waals surface area contributed by atoms with E-state index >= 15 is 0 Å². The minimum atomic E-state index is 0.290. The van der Waals surface area contributed by atoms with Gasteiger partial charge in [-0.05, 0) is 30.9 Å². The third kappa shape index (κ3) is 3.71. The first-order valence-electron chi connectivity index (χ1n) is 7.91. The van der Waals surface area contributed by atoms with Crippen molar-refractivity contribution in [3.05, 3.63) is 41.6 Å². The number of hydrogen-bond acceptors (Lipinski definition) is 6. The molecule has 1 heterocycles. The van der Waals surface area contributed by atoms with Gasteiger partial charge < -0.3 is 21.5 Å². The SMILES string of the molecule is COc1ccccc1CCNc1cc(C2CC(N)C2)nc(N)n1. The Hall–Kier alpha value is -2.34. The molecule has 0 amide bonds. The molecule has 6 heteroatoms. The van der Waals surface area contributed by atoms with Gasteiger partial charge in [-0.3, -0.25) is 0 Å². The second-order valence-corrected chi connectivity index (χ2v) is 5.95. The third-order valence-electron chi connectivity index (χ3n) is 4.25. The fourth-order valence-corrected chi connectivity index (χ4v) is 2.92. The van der Waals surface area contributed by atoms with E-state index in [1.54, 1.807) is 7.11 Å². The number of nitrogen functional groups attached to an aromatic ring is 1. The first-order valence-corrected chi connectivity index (χ1v) is 7.91. The zero-order valence-electron chi connectivity index (χ0n) is 13.3. The summed E-state index contributed by atoms with van der Waals surface area (Å²) in [5, 5.41) is 3.32. The zero-order valence-corrected chi connectivity index (χ0v) is 13.3. The Bertz CT molecular complexity index is 670. The van der Waals surface area contributed by atoms with Crippen molar-refractivity contribution >= 4 is 11.8 Å². The molecule has 2 aromatic rings. The molecule has 6 nitrogen and oxygen atoms in total. The summed E-state index contributed by atoms with van der Waals surface area (Å²) in [6.07, 6.45) is 2.78. The van der Waals surface area contributed by atoms with Crippen molar-refractivity contribution in [1.29, 1.82) is 0 Å². The number of para-hydroxylation sites is 1. The van der Waals surface area contributed by atoms with Crippen molar-refractivity contribution in [2.24, 2.45) is 5.73 Å². The molecule has 0 bridgehead atoms. The Morgan fingerprint density at radius 2 is 2.04 bits per heavy atom. The Morgan fingerprint density at radius 1 is 1.26 bits per heavy atom. The van der Waals surface area contributed by atoms with Crippen molar-refractivity contribution in [3.63, 3.8) is 0 Å².